The number of nitriles is 1. The minimum absolute atomic E-state index is 0.141. The van der Waals surface area contributed by atoms with E-state index in [1.54, 1.807) is 25.1 Å². The fourth-order valence-electron chi connectivity index (χ4n) is 4.90. The van der Waals surface area contributed by atoms with Gasteiger partial charge < -0.3 is 24.6 Å². The first-order valence-corrected chi connectivity index (χ1v) is 14.4. The molecule has 10 heteroatoms. The molecule has 2 aromatic rings. The molecule has 1 aliphatic rings. The van der Waals surface area contributed by atoms with Gasteiger partial charge in [-0.2, -0.15) is 5.26 Å². The average molecular weight is 545 g/mol. The molecule has 1 aliphatic carbocycles. The minimum Gasteiger partial charge on any atom is -0.489 e. The Morgan fingerprint density at radius 1 is 1.21 bits per heavy atom. The molecule has 0 fully saturated rings. The standard InChI is InChI=1S/C28H37N2O7P/c1-4-35-27(31)12-10-20-9-11-24(17-29)26(15-20)36-19-25(37-38(32,33)34)18-30-28(2,3)16-21-13-22-7-5-6-8-23(22)14-21/h5-9,11,15,21,25,30H,4,10,12-14,16,18-19H2,1-3H3,(H2,32,33,34)/t25-/m1/s1. The molecule has 0 unspecified atom stereocenters. The monoisotopic (exact) mass is 544 g/mol. The summed E-state index contributed by atoms with van der Waals surface area (Å²) in [5.41, 5.74) is 3.49. The summed E-state index contributed by atoms with van der Waals surface area (Å²) in [6.45, 7) is 6.13. The number of carbonyl (C=O) groups excluding carboxylic acids is 1. The Balaban J connectivity index is 1.61. The second-order valence-corrected chi connectivity index (χ2v) is 11.5. The summed E-state index contributed by atoms with van der Waals surface area (Å²) in [7, 11) is -4.79. The molecule has 206 valence electrons. The van der Waals surface area contributed by atoms with E-state index in [0.29, 0.717) is 18.9 Å². The Kier molecular flexibility index (Phi) is 10.5. The third-order valence-corrected chi connectivity index (χ3v) is 7.12. The zero-order chi connectivity index (χ0) is 27.8. The summed E-state index contributed by atoms with van der Waals surface area (Å²) >= 11 is 0. The van der Waals surface area contributed by atoms with Crippen LogP contribution >= 0.6 is 7.82 Å². The molecule has 0 aliphatic heterocycles. The van der Waals surface area contributed by atoms with Gasteiger partial charge in [0.2, 0.25) is 0 Å². The Hall–Kier alpha value is -2.73. The van der Waals surface area contributed by atoms with Crippen molar-refractivity contribution in [3.05, 3.63) is 64.7 Å². The number of rotatable bonds is 14. The molecule has 3 rings (SSSR count). The van der Waals surface area contributed by atoms with Crippen LogP contribution in [0.1, 0.15) is 55.9 Å². The van der Waals surface area contributed by atoms with E-state index in [9.17, 15) is 24.4 Å². The van der Waals surface area contributed by atoms with Crippen LogP contribution in [0.4, 0.5) is 0 Å². The number of phosphoric acid groups is 1. The lowest BCUT2D eigenvalue weighted by molar-refractivity contribution is -0.143. The van der Waals surface area contributed by atoms with Gasteiger partial charge in [-0.15, -0.1) is 0 Å². The predicted molar refractivity (Wildman–Crippen MR) is 143 cm³/mol. The molecule has 38 heavy (non-hydrogen) atoms. The number of esters is 1. The van der Waals surface area contributed by atoms with Crippen LogP contribution in [0.5, 0.6) is 5.75 Å². The number of nitrogens with one attached hydrogen (secondary N) is 1. The zero-order valence-corrected chi connectivity index (χ0v) is 23.1. The van der Waals surface area contributed by atoms with Gasteiger partial charge >= 0.3 is 13.8 Å². The van der Waals surface area contributed by atoms with Crippen LogP contribution in [0.3, 0.4) is 0 Å². The molecule has 0 amide bonds. The van der Waals surface area contributed by atoms with Crippen LogP contribution in [0.15, 0.2) is 42.5 Å². The second-order valence-electron chi connectivity index (χ2n) is 10.3. The highest BCUT2D eigenvalue weighted by Gasteiger charge is 2.30. The van der Waals surface area contributed by atoms with Crippen LogP contribution in [0, 0.1) is 17.2 Å². The van der Waals surface area contributed by atoms with Crippen LogP contribution in [0.2, 0.25) is 0 Å². The summed E-state index contributed by atoms with van der Waals surface area (Å²) in [5, 5.41) is 12.9. The molecule has 9 nitrogen and oxygen atoms in total. The highest BCUT2D eigenvalue weighted by atomic mass is 31.2. The summed E-state index contributed by atoms with van der Waals surface area (Å²) in [5.74, 6) is 0.420. The maximum absolute atomic E-state index is 11.7. The fraction of sp³-hybridized carbons (Fsp3) is 0.500. The number of benzene rings is 2. The van der Waals surface area contributed by atoms with Gasteiger partial charge in [0.15, 0.2) is 0 Å². The van der Waals surface area contributed by atoms with E-state index in [-0.39, 0.29) is 42.4 Å². The first-order valence-electron chi connectivity index (χ1n) is 12.8. The maximum Gasteiger partial charge on any atom is 0.470 e. The number of fused-ring (bicyclic) bond motifs is 1. The van der Waals surface area contributed by atoms with Crippen molar-refractivity contribution in [2.24, 2.45) is 5.92 Å². The van der Waals surface area contributed by atoms with Crippen molar-refractivity contribution < 1.29 is 33.1 Å². The van der Waals surface area contributed by atoms with Gasteiger partial charge in [-0.3, -0.25) is 9.32 Å². The second kappa shape index (κ2) is 13.4. The van der Waals surface area contributed by atoms with Gasteiger partial charge in [0.25, 0.3) is 0 Å². The van der Waals surface area contributed by atoms with Crippen molar-refractivity contribution >= 4 is 13.8 Å². The Morgan fingerprint density at radius 2 is 1.89 bits per heavy atom. The molecular weight excluding hydrogens is 507 g/mol. The van der Waals surface area contributed by atoms with Crippen LogP contribution in [0.25, 0.3) is 0 Å². The Bertz CT molecular complexity index is 1160. The fourth-order valence-corrected chi connectivity index (χ4v) is 5.42. The van der Waals surface area contributed by atoms with Crippen molar-refractivity contribution in [2.75, 3.05) is 19.8 Å². The van der Waals surface area contributed by atoms with Crippen molar-refractivity contribution in [3.63, 3.8) is 0 Å². The quantitative estimate of drug-likeness (QED) is 0.237. The molecule has 0 aromatic heterocycles. The minimum atomic E-state index is -4.79. The molecule has 0 heterocycles. The molecule has 2 aromatic carbocycles. The van der Waals surface area contributed by atoms with Gasteiger partial charge in [-0.25, -0.2) is 4.57 Å². The number of phosphoric ester groups is 1. The van der Waals surface area contributed by atoms with E-state index < -0.39 is 13.9 Å². The van der Waals surface area contributed by atoms with Crippen LogP contribution in [-0.2, 0) is 37.9 Å². The van der Waals surface area contributed by atoms with Crippen molar-refractivity contribution in [1.29, 1.82) is 5.26 Å². The van der Waals surface area contributed by atoms with Crippen LogP contribution in [-0.4, -0.2) is 47.2 Å². The topological polar surface area (TPSA) is 138 Å². The number of nitrogens with zero attached hydrogens (tertiary/aromatic N) is 1. The van der Waals surface area contributed by atoms with Gasteiger partial charge in [-0.05, 0) is 81.2 Å². The molecular formula is C28H37N2O7P. The van der Waals surface area contributed by atoms with E-state index in [0.717, 1.165) is 24.8 Å². The molecule has 0 radical (unpaired) electrons. The zero-order valence-electron chi connectivity index (χ0n) is 22.2. The highest BCUT2D eigenvalue weighted by Crippen LogP contribution is 2.38. The lowest BCUT2D eigenvalue weighted by atomic mass is 9.88. The van der Waals surface area contributed by atoms with E-state index in [1.807, 2.05) is 0 Å². The van der Waals surface area contributed by atoms with E-state index in [1.165, 1.54) is 11.1 Å². The Labute approximate surface area is 224 Å². The van der Waals surface area contributed by atoms with Crippen molar-refractivity contribution in [2.45, 2.75) is 64.5 Å². The highest BCUT2D eigenvalue weighted by molar-refractivity contribution is 7.46. The summed E-state index contributed by atoms with van der Waals surface area (Å²) in [6.07, 6.45) is 2.53. The molecule has 0 bridgehead atoms. The maximum atomic E-state index is 11.7. The van der Waals surface area contributed by atoms with Gasteiger partial charge in [0, 0.05) is 18.5 Å². The number of hydrogen-bond acceptors (Lipinski definition) is 7. The van der Waals surface area contributed by atoms with Gasteiger partial charge in [-0.1, -0.05) is 30.3 Å². The summed E-state index contributed by atoms with van der Waals surface area (Å²) in [6, 6.07) is 15.5. The van der Waals surface area contributed by atoms with E-state index >= 15 is 0 Å². The smallest absolute Gasteiger partial charge is 0.470 e. The third-order valence-electron chi connectivity index (χ3n) is 6.54. The molecule has 0 saturated carbocycles. The van der Waals surface area contributed by atoms with Crippen LogP contribution < -0.4 is 10.1 Å². The number of carbonyl (C=O) groups is 1. The molecule has 0 saturated heterocycles. The predicted octanol–water partition coefficient (Wildman–Crippen LogP) is 4.08. The lowest BCUT2D eigenvalue weighted by Crippen LogP contribution is -2.46. The average Bonchev–Trinajstić information content (AvgIpc) is 3.25. The number of hydrogen-bond donors (Lipinski definition) is 3. The molecule has 1 atom stereocenters. The summed E-state index contributed by atoms with van der Waals surface area (Å²) in [4.78, 5) is 30.6. The number of ether oxygens (including phenoxy) is 2. The Morgan fingerprint density at radius 3 is 2.50 bits per heavy atom. The first kappa shape index (κ1) is 29.8. The van der Waals surface area contributed by atoms with Gasteiger partial charge in [0.05, 0.1) is 12.2 Å². The van der Waals surface area contributed by atoms with E-state index in [4.69, 9.17) is 14.0 Å². The molecule has 3 N–H and O–H groups in total. The number of aryl methyl sites for hydroxylation is 1. The first-order chi connectivity index (χ1) is 18.0. The third kappa shape index (κ3) is 9.54. The van der Waals surface area contributed by atoms with Crippen molar-refractivity contribution in [1.82, 2.24) is 5.32 Å². The van der Waals surface area contributed by atoms with E-state index in [2.05, 4.69) is 49.5 Å². The molecule has 0 spiro atoms. The van der Waals surface area contributed by atoms with Crippen molar-refractivity contribution in [3.8, 4) is 11.8 Å². The largest absolute Gasteiger partial charge is 0.489 e. The summed E-state index contributed by atoms with van der Waals surface area (Å²) < 4.78 is 27.5. The van der Waals surface area contributed by atoms with Gasteiger partial charge in [0.1, 0.15) is 24.5 Å². The SMILES string of the molecule is CCOC(=O)CCc1ccc(C#N)c(OC[C@@H](CNC(C)(C)CC2Cc3ccccc3C2)OP(=O)(O)O)c1. The lowest BCUT2D eigenvalue weighted by Gasteiger charge is -2.31. The normalized spacial score (nSPS) is 14.5.